The first-order valence-electron chi connectivity index (χ1n) is 10.4. The van der Waals surface area contributed by atoms with Crippen LogP contribution in [0, 0.1) is 6.92 Å². The number of fused-ring (bicyclic) bond motifs is 1. The quantitative estimate of drug-likeness (QED) is 0.707. The van der Waals surface area contributed by atoms with E-state index in [1.54, 1.807) is 25.5 Å². The van der Waals surface area contributed by atoms with Crippen molar-refractivity contribution in [2.75, 3.05) is 13.2 Å². The van der Waals surface area contributed by atoms with Crippen molar-refractivity contribution in [3.8, 4) is 11.6 Å². The summed E-state index contributed by atoms with van der Waals surface area (Å²) in [6.07, 6.45) is 0. The number of para-hydroxylation sites is 1. The molecule has 1 aliphatic rings. The highest BCUT2D eigenvalue weighted by Gasteiger charge is 2.45. The predicted molar refractivity (Wildman–Crippen MR) is 115 cm³/mol. The third kappa shape index (κ3) is 4.57. The normalized spacial score (nSPS) is 15.7. The summed E-state index contributed by atoms with van der Waals surface area (Å²) < 4.78 is 18.5. The number of benzene rings is 1. The first kappa shape index (κ1) is 22.4. The number of nitrogens with one attached hydrogen (secondary N) is 1. The van der Waals surface area contributed by atoms with Gasteiger partial charge in [-0.3, -0.25) is 4.79 Å². The van der Waals surface area contributed by atoms with Gasteiger partial charge in [0.25, 0.3) is 0 Å². The molecular weight excluding hydrogens is 398 g/mol. The molecule has 0 bridgehead atoms. The SMILES string of the molecule is CCOC(=O)C1=C(NC(C)(C)C)Oc2c(c(C)nn2-c2ccccc2)C1C(=O)OCC. The van der Waals surface area contributed by atoms with Gasteiger partial charge < -0.3 is 19.5 Å². The van der Waals surface area contributed by atoms with E-state index in [4.69, 9.17) is 14.2 Å². The lowest BCUT2D eigenvalue weighted by atomic mass is 9.89. The molecule has 1 N–H and O–H groups in total. The zero-order valence-electron chi connectivity index (χ0n) is 18.8. The molecule has 0 amide bonds. The van der Waals surface area contributed by atoms with Crippen molar-refractivity contribution in [1.82, 2.24) is 15.1 Å². The summed E-state index contributed by atoms with van der Waals surface area (Å²) >= 11 is 0. The number of rotatable bonds is 6. The summed E-state index contributed by atoms with van der Waals surface area (Å²) in [5.41, 5.74) is 1.46. The Labute approximate surface area is 182 Å². The van der Waals surface area contributed by atoms with Gasteiger partial charge in [0.15, 0.2) is 0 Å². The zero-order chi connectivity index (χ0) is 22.8. The summed E-state index contributed by atoms with van der Waals surface area (Å²) in [6.45, 7) is 11.3. The molecule has 0 fully saturated rings. The average Bonchev–Trinajstić information content (AvgIpc) is 3.03. The molecule has 3 rings (SSSR count). The summed E-state index contributed by atoms with van der Waals surface area (Å²) in [7, 11) is 0. The molecule has 166 valence electrons. The van der Waals surface area contributed by atoms with Crippen LogP contribution in [0.4, 0.5) is 0 Å². The van der Waals surface area contributed by atoms with Crippen LogP contribution < -0.4 is 10.1 Å². The van der Waals surface area contributed by atoms with Crippen molar-refractivity contribution in [3.05, 3.63) is 53.0 Å². The van der Waals surface area contributed by atoms with Gasteiger partial charge in [-0.15, -0.1) is 0 Å². The fourth-order valence-corrected chi connectivity index (χ4v) is 3.43. The lowest BCUT2D eigenvalue weighted by molar-refractivity contribution is -0.148. The highest BCUT2D eigenvalue weighted by Crippen LogP contribution is 2.43. The minimum absolute atomic E-state index is 0.0819. The molecule has 1 atom stereocenters. The van der Waals surface area contributed by atoms with E-state index in [0.29, 0.717) is 17.1 Å². The topological polar surface area (TPSA) is 91.7 Å². The third-order valence-corrected chi connectivity index (χ3v) is 4.59. The van der Waals surface area contributed by atoms with E-state index in [0.717, 1.165) is 5.69 Å². The Morgan fingerprint density at radius 3 is 2.35 bits per heavy atom. The molecule has 1 aromatic carbocycles. The number of hydrogen-bond acceptors (Lipinski definition) is 7. The van der Waals surface area contributed by atoms with Crippen LogP contribution in [0.2, 0.25) is 0 Å². The molecule has 0 aliphatic carbocycles. The maximum Gasteiger partial charge on any atom is 0.340 e. The van der Waals surface area contributed by atoms with E-state index in [-0.39, 0.29) is 24.7 Å². The fraction of sp³-hybridized carbons (Fsp3) is 0.435. The molecule has 2 heterocycles. The van der Waals surface area contributed by atoms with Crippen LogP contribution in [0.25, 0.3) is 5.69 Å². The van der Waals surface area contributed by atoms with Gasteiger partial charge >= 0.3 is 11.9 Å². The maximum atomic E-state index is 13.1. The van der Waals surface area contributed by atoms with Gasteiger partial charge in [0.1, 0.15) is 11.5 Å². The van der Waals surface area contributed by atoms with Crippen LogP contribution in [0.15, 0.2) is 41.8 Å². The third-order valence-electron chi connectivity index (χ3n) is 4.59. The minimum Gasteiger partial charge on any atom is -0.465 e. The number of aryl methyl sites for hydroxylation is 1. The molecule has 0 saturated carbocycles. The number of ether oxygens (including phenoxy) is 3. The second-order valence-electron chi connectivity index (χ2n) is 8.18. The number of aromatic nitrogens is 2. The van der Waals surface area contributed by atoms with E-state index in [2.05, 4.69) is 10.4 Å². The molecule has 2 aromatic rings. The largest absolute Gasteiger partial charge is 0.465 e. The molecule has 1 aromatic heterocycles. The number of carbonyl (C=O) groups is 2. The summed E-state index contributed by atoms with van der Waals surface area (Å²) in [4.78, 5) is 26.1. The minimum atomic E-state index is -1.02. The first-order valence-corrected chi connectivity index (χ1v) is 10.4. The van der Waals surface area contributed by atoms with Crippen molar-refractivity contribution in [1.29, 1.82) is 0 Å². The Bertz CT molecular complexity index is 1000. The Kier molecular flexibility index (Phi) is 6.38. The van der Waals surface area contributed by atoms with Crippen LogP contribution in [-0.2, 0) is 19.1 Å². The molecule has 0 saturated heterocycles. The lowest BCUT2D eigenvalue weighted by Crippen LogP contribution is -2.42. The second kappa shape index (κ2) is 8.83. The smallest absolute Gasteiger partial charge is 0.340 e. The van der Waals surface area contributed by atoms with E-state index >= 15 is 0 Å². The van der Waals surface area contributed by atoms with E-state index < -0.39 is 23.4 Å². The first-order chi connectivity index (χ1) is 14.7. The van der Waals surface area contributed by atoms with Gasteiger partial charge in [-0.05, 0) is 53.7 Å². The molecule has 0 radical (unpaired) electrons. The van der Waals surface area contributed by atoms with E-state index in [1.165, 1.54) is 0 Å². The van der Waals surface area contributed by atoms with Crippen LogP contribution in [-0.4, -0.2) is 40.5 Å². The van der Waals surface area contributed by atoms with Crippen LogP contribution in [0.1, 0.15) is 51.8 Å². The van der Waals surface area contributed by atoms with Crippen molar-refractivity contribution < 1.29 is 23.8 Å². The monoisotopic (exact) mass is 427 g/mol. The fourth-order valence-electron chi connectivity index (χ4n) is 3.43. The van der Waals surface area contributed by atoms with Crippen LogP contribution in [0.5, 0.6) is 5.88 Å². The van der Waals surface area contributed by atoms with Gasteiger partial charge in [0.2, 0.25) is 11.8 Å². The second-order valence-corrected chi connectivity index (χ2v) is 8.18. The van der Waals surface area contributed by atoms with Gasteiger partial charge in [0, 0.05) is 5.54 Å². The van der Waals surface area contributed by atoms with Gasteiger partial charge in [-0.1, -0.05) is 18.2 Å². The Morgan fingerprint density at radius 1 is 1.13 bits per heavy atom. The number of nitrogens with zero attached hydrogens (tertiary/aromatic N) is 2. The molecule has 8 heteroatoms. The Hall–Kier alpha value is -3.29. The molecular formula is C23H29N3O5. The average molecular weight is 428 g/mol. The number of hydrogen-bond donors (Lipinski definition) is 1. The number of carbonyl (C=O) groups excluding carboxylic acids is 2. The van der Waals surface area contributed by atoms with Gasteiger partial charge in [0.05, 0.1) is 30.2 Å². The summed E-state index contributed by atoms with van der Waals surface area (Å²) in [6, 6.07) is 9.45. The van der Waals surface area contributed by atoms with Crippen molar-refractivity contribution in [2.24, 2.45) is 0 Å². The summed E-state index contributed by atoms with van der Waals surface area (Å²) in [5.74, 6) is -1.69. The lowest BCUT2D eigenvalue weighted by Gasteiger charge is -2.31. The standard InChI is InChI=1S/C23H29N3O5/c1-7-29-21(27)17-16-14(3)25-26(15-12-10-9-11-13-15)20(16)31-19(24-23(4,5)6)18(17)22(28)30-8-2/h9-13,17,24H,7-8H2,1-6H3. The molecule has 8 nitrogen and oxygen atoms in total. The van der Waals surface area contributed by atoms with Crippen molar-refractivity contribution in [2.45, 2.75) is 53.0 Å². The highest BCUT2D eigenvalue weighted by molar-refractivity contribution is 6.00. The molecule has 1 aliphatic heterocycles. The van der Waals surface area contributed by atoms with Gasteiger partial charge in [-0.2, -0.15) is 5.10 Å². The molecule has 0 spiro atoms. The van der Waals surface area contributed by atoms with Crippen molar-refractivity contribution in [3.63, 3.8) is 0 Å². The Balaban J connectivity index is 2.26. The summed E-state index contributed by atoms with van der Waals surface area (Å²) in [5, 5.41) is 7.81. The van der Waals surface area contributed by atoms with Crippen molar-refractivity contribution >= 4 is 11.9 Å². The highest BCUT2D eigenvalue weighted by atomic mass is 16.5. The van der Waals surface area contributed by atoms with E-state index in [9.17, 15) is 9.59 Å². The van der Waals surface area contributed by atoms with E-state index in [1.807, 2.05) is 51.1 Å². The zero-order valence-corrected chi connectivity index (χ0v) is 18.8. The predicted octanol–water partition coefficient (Wildman–Crippen LogP) is 3.38. The van der Waals surface area contributed by atoms with Gasteiger partial charge in [-0.25, -0.2) is 9.48 Å². The number of esters is 2. The van der Waals surface area contributed by atoms with Crippen LogP contribution in [0.3, 0.4) is 0 Å². The molecule has 1 unspecified atom stereocenters. The Morgan fingerprint density at radius 2 is 1.77 bits per heavy atom. The van der Waals surface area contributed by atoms with Crippen LogP contribution >= 0.6 is 0 Å². The molecule has 31 heavy (non-hydrogen) atoms. The maximum absolute atomic E-state index is 13.1.